The molecule has 2 heterocycles. The second-order valence-corrected chi connectivity index (χ2v) is 4.22. The molecule has 0 spiro atoms. The van der Waals surface area contributed by atoms with Crippen molar-refractivity contribution < 1.29 is 13.9 Å². The van der Waals surface area contributed by atoms with E-state index in [0.717, 1.165) is 16.5 Å². The lowest BCUT2D eigenvalue weighted by Gasteiger charge is -2.04. The molecular weight excluding hydrogens is 258 g/mol. The van der Waals surface area contributed by atoms with Crippen LogP contribution in [0.1, 0.15) is 17.3 Å². The van der Waals surface area contributed by atoms with E-state index in [-0.39, 0.29) is 12.0 Å². The zero-order valence-electron chi connectivity index (χ0n) is 10.8. The molecule has 0 saturated carbocycles. The summed E-state index contributed by atoms with van der Waals surface area (Å²) in [5.41, 5.74) is 8.14. The van der Waals surface area contributed by atoms with Gasteiger partial charge in [0, 0.05) is 22.7 Å². The van der Waals surface area contributed by atoms with Gasteiger partial charge >= 0.3 is 5.97 Å². The molecule has 0 saturated heterocycles. The molecule has 6 nitrogen and oxygen atoms in total. The normalized spacial score (nSPS) is 10.8. The predicted octanol–water partition coefficient (Wildman–Crippen LogP) is 2.58. The Kier molecular flexibility index (Phi) is 2.90. The molecule has 0 aliphatic rings. The van der Waals surface area contributed by atoms with Crippen molar-refractivity contribution in [2.45, 2.75) is 6.92 Å². The number of esters is 1. The number of rotatable bonds is 3. The van der Waals surface area contributed by atoms with Gasteiger partial charge in [-0.2, -0.15) is 4.98 Å². The van der Waals surface area contributed by atoms with Crippen LogP contribution in [0.4, 0.5) is 6.01 Å². The fraction of sp³-hybridized carbons (Fsp3) is 0.143. The molecule has 0 radical (unpaired) electrons. The van der Waals surface area contributed by atoms with Crippen molar-refractivity contribution in [3.63, 3.8) is 0 Å². The van der Waals surface area contributed by atoms with Gasteiger partial charge in [0.15, 0.2) is 0 Å². The van der Waals surface area contributed by atoms with E-state index in [2.05, 4.69) is 9.97 Å². The number of H-pyrrole nitrogens is 1. The minimum atomic E-state index is -0.365. The standard InChI is InChI=1S/C14H13N3O3/c1-2-19-13(18)8-4-3-5-10-12(8)9(6-16-10)11-7-20-14(15)17-11/h3-7,16H,2H2,1H3,(H2,15,17). The molecule has 0 aliphatic heterocycles. The maximum atomic E-state index is 12.0. The number of carbonyl (C=O) groups is 1. The molecular formula is C14H13N3O3. The third kappa shape index (κ3) is 1.91. The first-order valence-electron chi connectivity index (χ1n) is 6.19. The highest BCUT2D eigenvalue weighted by Crippen LogP contribution is 2.31. The first-order valence-corrected chi connectivity index (χ1v) is 6.19. The largest absolute Gasteiger partial charge is 0.462 e. The van der Waals surface area contributed by atoms with Gasteiger partial charge in [-0.05, 0) is 19.1 Å². The van der Waals surface area contributed by atoms with E-state index in [1.807, 2.05) is 6.07 Å². The van der Waals surface area contributed by atoms with E-state index in [1.165, 1.54) is 6.26 Å². The summed E-state index contributed by atoms with van der Waals surface area (Å²) >= 11 is 0. The highest BCUT2D eigenvalue weighted by Gasteiger charge is 2.18. The number of ether oxygens (including phenoxy) is 1. The van der Waals surface area contributed by atoms with Gasteiger partial charge in [0.25, 0.3) is 6.01 Å². The number of hydrogen-bond donors (Lipinski definition) is 2. The highest BCUT2D eigenvalue weighted by molar-refractivity contribution is 6.09. The third-order valence-corrected chi connectivity index (χ3v) is 3.00. The van der Waals surface area contributed by atoms with Crippen molar-refractivity contribution in [2.75, 3.05) is 12.3 Å². The van der Waals surface area contributed by atoms with E-state index >= 15 is 0 Å². The van der Waals surface area contributed by atoms with Crippen LogP contribution in [-0.4, -0.2) is 22.5 Å². The van der Waals surface area contributed by atoms with E-state index in [0.29, 0.717) is 17.9 Å². The second kappa shape index (κ2) is 4.73. The number of hydrogen-bond acceptors (Lipinski definition) is 5. The summed E-state index contributed by atoms with van der Waals surface area (Å²) in [7, 11) is 0. The van der Waals surface area contributed by atoms with Crippen LogP contribution >= 0.6 is 0 Å². The van der Waals surface area contributed by atoms with E-state index in [9.17, 15) is 4.79 Å². The Morgan fingerprint density at radius 2 is 2.35 bits per heavy atom. The fourth-order valence-corrected chi connectivity index (χ4v) is 2.18. The number of nitrogens with two attached hydrogens (primary N) is 1. The lowest BCUT2D eigenvalue weighted by Crippen LogP contribution is -2.05. The zero-order chi connectivity index (χ0) is 14.1. The van der Waals surface area contributed by atoms with Gasteiger partial charge in [0.05, 0.1) is 12.2 Å². The Morgan fingerprint density at radius 1 is 1.50 bits per heavy atom. The molecule has 0 aliphatic carbocycles. The monoisotopic (exact) mass is 271 g/mol. The molecule has 3 N–H and O–H groups in total. The summed E-state index contributed by atoms with van der Waals surface area (Å²) in [5.74, 6) is -0.365. The van der Waals surface area contributed by atoms with Crippen molar-refractivity contribution in [2.24, 2.45) is 0 Å². The van der Waals surface area contributed by atoms with Crippen LogP contribution in [0, 0.1) is 0 Å². The van der Waals surface area contributed by atoms with Crippen molar-refractivity contribution >= 4 is 22.9 Å². The average Bonchev–Trinajstić information content (AvgIpc) is 3.04. The SMILES string of the molecule is CCOC(=O)c1cccc2[nH]cc(-c3coc(N)n3)c12. The average molecular weight is 271 g/mol. The minimum Gasteiger partial charge on any atom is -0.462 e. The molecule has 0 unspecified atom stereocenters. The Hall–Kier alpha value is -2.76. The van der Waals surface area contributed by atoms with Gasteiger partial charge in [-0.3, -0.25) is 0 Å². The molecule has 6 heteroatoms. The van der Waals surface area contributed by atoms with Crippen LogP contribution in [0.3, 0.4) is 0 Å². The summed E-state index contributed by atoms with van der Waals surface area (Å²) in [4.78, 5) is 19.2. The van der Waals surface area contributed by atoms with Gasteiger partial charge in [-0.15, -0.1) is 0 Å². The van der Waals surface area contributed by atoms with Crippen LogP contribution in [-0.2, 0) is 4.74 Å². The molecule has 20 heavy (non-hydrogen) atoms. The molecule has 1 aromatic carbocycles. The van der Waals surface area contributed by atoms with Crippen molar-refractivity contribution in [1.29, 1.82) is 0 Å². The lowest BCUT2D eigenvalue weighted by atomic mass is 10.0. The molecule has 3 rings (SSSR count). The second-order valence-electron chi connectivity index (χ2n) is 4.22. The highest BCUT2D eigenvalue weighted by atomic mass is 16.5. The summed E-state index contributed by atoms with van der Waals surface area (Å²) in [6.07, 6.45) is 3.23. The van der Waals surface area contributed by atoms with Crippen LogP contribution in [0.15, 0.2) is 35.1 Å². The van der Waals surface area contributed by atoms with Gasteiger partial charge < -0.3 is 19.9 Å². The van der Waals surface area contributed by atoms with Crippen LogP contribution in [0.25, 0.3) is 22.2 Å². The van der Waals surface area contributed by atoms with Gasteiger partial charge in [0.1, 0.15) is 12.0 Å². The fourth-order valence-electron chi connectivity index (χ4n) is 2.18. The number of aromatic nitrogens is 2. The van der Waals surface area contributed by atoms with Gasteiger partial charge in [-0.25, -0.2) is 4.79 Å². The molecule has 0 bridgehead atoms. The molecule has 0 atom stereocenters. The van der Waals surface area contributed by atoms with Gasteiger partial charge in [0.2, 0.25) is 0 Å². The third-order valence-electron chi connectivity index (χ3n) is 3.00. The molecule has 102 valence electrons. The predicted molar refractivity (Wildman–Crippen MR) is 74.2 cm³/mol. The summed E-state index contributed by atoms with van der Waals surface area (Å²) in [6, 6.07) is 5.49. The summed E-state index contributed by atoms with van der Waals surface area (Å²) in [5, 5.41) is 0.749. The van der Waals surface area contributed by atoms with Crippen LogP contribution in [0.5, 0.6) is 0 Å². The molecule has 2 aromatic heterocycles. The zero-order valence-corrected chi connectivity index (χ0v) is 10.8. The Morgan fingerprint density at radius 3 is 3.05 bits per heavy atom. The first kappa shape index (κ1) is 12.3. The number of carbonyl (C=O) groups excluding carboxylic acids is 1. The van der Waals surface area contributed by atoms with Crippen molar-refractivity contribution in [3.05, 3.63) is 36.2 Å². The maximum Gasteiger partial charge on any atom is 0.338 e. The van der Waals surface area contributed by atoms with Crippen molar-refractivity contribution in [1.82, 2.24) is 9.97 Å². The summed E-state index contributed by atoms with van der Waals surface area (Å²) in [6.45, 7) is 2.10. The number of anilines is 1. The first-order chi connectivity index (χ1) is 9.70. The molecule has 3 aromatic rings. The van der Waals surface area contributed by atoms with E-state index in [4.69, 9.17) is 14.9 Å². The topological polar surface area (TPSA) is 94.1 Å². The van der Waals surface area contributed by atoms with Gasteiger partial charge in [-0.1, -0.05) is 6.07 Å². The number of aromatic amines is 1. The quantitative estimate of drug-likeness (QED) is 0.714. The number of nitrogens with one attached hydrogen (secondary N) is 1. The van der Waals surface area contributed by atoms with Crippen LogP contribution in [0.2, 0.25) is 0 Å². The van der Waals surface area contributed by atoms with Crippen LogP contribution < -0.4 is 5.73 Å². The number of oxazole rings is 1. The number of nitrogens with zero attached hydrogens (tertiary/aromatic N) is 1. The van der Waals surface area contributed by atoms with E-state index < -0.39 is 0 Å². The number of benzene rings is 1. The number of fused-ring (bicyclic) bond motifs is 1. The molecule has 0 amide bonds. The van der Waals surface area contributed by atoms with E-state index in [1.54, 1.807) is 25.3 Å². The lowest BCUT2D eigenvalue weighted by molar-refractivity contribution is 0.0528. The molecule has 0 fully saturated rings. The van der Waals surface area contributed by atoms with Crippen molar-refractivity contribution in [3.8, 4) is 11.3 Å². The smallest absolute Gasteiger partial charge is 0.338 e. The summed E-state index contributed by atoms with van der Waals surface area (Å²) < 4.78 is 10.1. The Labute approximate surface area is 114 Å². The Balaban J connectivity index is 2.21. The maximum absolute atomic E-state index is 12.0. The Bertz CT molecular complexity index is 773. The minimum absolute atomic E-state index is 0.0861. The number of nitrogen functional groups attached to an aromatic ring is 1.